The zero-order valence-electron chi connectivity index (χ0n) is 8.87. The molecule has 0 aromatic heterocycles. The van der Waals surface area contributed by atoms with Gasteiger partial charge in [0.1, 0.15) is 0 Å². The van der Waals surface area contributed by atoms with E-state index in [0.717, 1.165) is 25.7 Å². The van der Waals surface area contributed by atoms with Crippen LogP contribution in [0.1, 0.15) is 39.0 Å². The first-order valence-electron chi connectivity index (χ1n) is 5.17. The molecule has 82 valence electrons. The largest absolute Gasteiger partial charge is 0.479 e. The van der Waals surface area contributed by atoms with Gasteiger partial charge in [0.25, 0.3) is 0 Å². The lowest BCUT2D eigenvalue weighted by molar-refractivity contribution is -0.150. The Hall–Kier alpha value is -0.830. The Morgan fingerprint density at radius 3 is 2.79 bits per heavy atom. The highest BCUT2D eigenvalue weighted by atomic mass is 16.5. The van der Waals surface area contributed by atoms with Crippen molar-refractivity contribution in [1.29, 1.82) is 0 Å². The van der Waals surface area contributed by atoms with E-state index < -0.39 is 12.1 Å². The molecule has 0 aromatic carbocycles. The first kappa shape index (κ1) is 13.2. The molecule has 0 amide bonds. The molecule has 0 heterocycles. The lowest BCUT2D eigenvalue weighted by atomic mass is 10.1. The average Bonchev–Trinajstić information content (AvgIpc) is 2.16. The van der Waals surface area contributed by atoms with E-state index in [-0.39, 0.29) is 0 Å². The molecule has 0 saturated heterocycles. The predicted octanol–water partition coefficient (Wildman–Crippen LogP) is 2.61. The third kappa shape index (κ3) is 6.66. The van der Waals surface area contributed by atoms with Crippen LogP contribution in [0.2, 0.25) is 0 Å². The van der Waals surface area contributed by atoms with Gasteiger partial charge in [0, 0.05) is 6.61 Å². The molecule has 1 atom stereocenters. The van der Waals surface area contributed by atoms with Gasteiger partial charge in [-0.05, 0) is 19.3 Å². The highest BCUT2D eigenvalue weighted by Gasteiger charge is 2.16. The number of carboxylic acid groups (broad SMARTS) is 1. The van der Waals surface area contributed by atoms with Gasteiger partial charge in [-0.1, -0.05) is 25.8 Å². The zero-order chi connectivity index (χ0) is 10.8. The Balaban J connectivity index is 3.62. The Morgan fingerprint density at radius 2 is 2.29 bits per heavy atom. The minimum Gasteiger partial charge on any atom is -0.479 e. The lowest BCUT2D eigenvalue weighted by Gasteiger charge is -2.12. The summed E-state index contributed by atoms with van der Waals surface area (Å²) in [6.07, 6.45) is 5.42. The number of ether oxygens (including phenoxy) is 1. The van der Waals surface area contributed by atoms with Crippen LogP contribution in [0.3, 0.4) is 0 Å². The summed E-state index contributed by atoms with van der Waals surface area (Å²) >= 11 is 0. The smallest absolute Gasteiger partial charge is 0.332 e. The Kier molecular flexibility index (Phi) is 8.24. The maximum Gasteiger partial charge on any atom is 0.332 e. The number of aliphatic carboxylic acids is 1. The number of hydrogen-bond acceptors (Lipinski definition) is 2. The number of carboxylic acids is 1. The van der Waals surface area contributed by atoms with Crippen molar-refractivity contribution in [2.75, 3.05) is 6.61 Å². The molecule has 0 aliphatic heterocycles. The fourth-order valence-corrected chi connectivity index (χ4v) is 1.12. The van der Waals surface area contributed by atoms with Crippen molar-refractivity contribution >= 4 is 5.97 Å². The normalized spacial score (nSPS) is 12.4. The van der Waals surface area contributed by atoms with Gasteiger partial charge in [0.2, 0.25) is 0 Å². The molecule has 0 bridgehead atoms. The van der Waals surface area contributed by atoms with E-state index in [1.165, 1.54) is 0 Å². The standard InChI is InChI=1S/C11H20O3/c1-3-5-7-9-14-10(11(12)13)8-6-4-2/h3,10H,1,4-9H2,2H3,(H,12,13). The van der Waals surface area contributed by atoms with Crippen LogP contribution >= 0.6 is 0 Å². The maximum atomic E-state index is 10.7. The topological polar surface area (TPSA) is 46.5 Å². The van der Waals surface area contributed by atoms with Crippen LogP contribution in [0.15, 0.2) is 12.7 Å². The summed E-state index contributed by atoms with van der Waals surface area (Å²) < 4.78 is 5.26. The quantitative estimate of drug-likeness (QED) is 0.459. The van der Waals surface area contributed by atoms with E-state index in [4.69, 9.17) is 9.84 Å². The summed E-state index contributed by atoms with van der Waals surface area (Å²) in [4.78, 5) is 10.7. The van der Waals surface area contributed by atoms with Gasteiger partial charge in [-0.25, -0.2) is 4.79 Å². The maximum absolute atomic E-state index is 10.7. The van der Waals surface area contributed by atoms with Crippen molar-refractivity contribution in [3.63, 3.8) is 0 Å². The van der Waals surface area contributed by atoms with Crippen molar-refractivity contribution in [1.82, 2.24) is 0 Å². The third-order valence-corrected chi connectivity index (χ3v) is 1.97. The number of hydrogen-bond donors (Lipinski definition) is 1. The fraction of sp³-hybridized carbons (Fsp3) is 0.727. The lowest BCUT2D eigenvalue weighted by Crippen LogP contribution is -2.24. The van der Waals surface area contributed by atoms with Crippen molar-refractivity contribution in [3.8, 4) is 0 Å². The number of allylic oxidation sites excluding steroid dienone is 1. The van der Waals surface area contributed by atoms with Crippen LogP contribution in [0.25, 0.3) is 0 Å². The molecule has 14 heavy (non-hydrogen) atoms. The summed E-state index contributed by atoms with van der Waals surface area (Å²) in [6.45, 7) is 6.14. The van der Waals surface area contributed by atoms with Crippen LogP contribution in [-0.4, -0.2) is 23.8 Å². The van der Waals surface area contributed by atoms with Crippen molar-refractivity contribution < 1.29 is 14.6 Å². The van der Waals surface area contributed by atoms with E-state index in [1.54, 1.807) is 0 Å². The minimum absolute atomic E-state index is 0.507. The molecule has 3 nitrogen and oxygen atoms in total. The van der Waals surface area contributed by atoms with Crippen molar-refractivity contribution in [2.24, 2.45) is 0 Å². The van der Waals surface area contributed by atoms with Crippen LogP contribution in [0, 0.1) is 0 Å². The predicted molar refractivity (Wildman–Crippen MR) is 56.3 cm³/mol. The second-order valence-electron chi connectivity index (χ2n) is 3.27. The Morgan fingerprint density at radius 1 is 1.57 bits per heavy atom. The third-order valence-electron chi connectivity index (χ3n) is 1.97. The summed E-state index contributed by atoms with van der Waals surface area (Å²) in [6, 6.07) is 0. The average molecular weight is 200 g/mol. The summed E-state index contributed by atoms with van der Waals surface area (Å²) in [5.74, 6) is -0.850. The molecule has 1 unspecified atom stereocenters. The van der Waals surface area contributed by atoms with Crippen molar-refractivity contribution in [3.05, 3.63) is 12.7 Å². The minimum atomic E-state index is -0.850. The Labute approximate surface area is 85.8 Å². The second kappa shape index (κ2) is 8.75. The molecule has 0 aliphatic carbocycles. The van der Waals surface area contributed by atoms with Gasteiger partial charge in [-0.2, -0.15) is 0 Å². The fourth-order valence-electron chi connectivity index (χ4n) is 1.12. The highest BCUT2D eigenvalue weighted by Crippen LogP contribution is 2.06. The molecule has 0 rings (SSSR count). The second-order valence-corrected chi connectivity index (χ2v) is 3.27. The summed E-state index contributed by atoms with van der Waals surface area (Å²) in [5.41, 5.74) is 0. The number of carbonyl (C=O) groups is 1. The van der Waals surface area contributed by atoms with Gasteiger partial charge < -0.3 is 9.84 Å². The molecule has 0 fully saturated rings. The molecular weight excluding hydrogens is 180 g/mol. The number of unbranched alkanes of at least 4 members (excludes halogenated alkanes) is 2. The molecule has 0 saturated carbocycles. The van der Waals surface area contributed by atoms with Gasteiger partial charge >= 0.3 is 5.97 Å². The van der Waals surface area contributed by atoms with E-state index in [1.807, 2.05) is 13.0 Å². The van der Waals surface area contributed by atoms with E-state index >= 15 is 0 Å². The molecule has 0 aromatic rings. The van der Waals surface area contributed by atoms with Gasteiger partial charge in [-0.15, -0.1) is 6.58 Å². The summed E-state index contributed by atoms with van der Waals surface area (Å²) in [5, 5.41) is 8.81. The SMILES string of the molecule is C=CCCCOC(CCCC)C(=O)O. The molecule has 1 N–H and O–H groups in total. The van der Waals surface area contributed by atoms with E-state index in [9.17, 15) is 4.79 Å². The van der Waals surface area contributed by atoms with Gasteiger partial charge in [0.15, 0.2) is 6.10 Å². The van der Waals surface area contributed by atoms with Crippen LogP contribution in [0.5, 0.6) is 0 Å². The molecule has 3 heteroatoms. The first-order valence-corrected chi connectivity index (χ1v) is 5.17. The first-order chi connectivity index (χ1) is 6.72. The molecular formula is C11H20O3. The van der Waals surface area contributed by atoms with Crippen LogP contribution in [0.4, 0.5) is 0 Å². The molecule has 0 radical (unpaired) electrons. The highest BCUT2D eigenvalue weighted by molar-refractivity contribution is 5.72. The van der Waals surface area contributed by atoms with E-state index in [2.05, 4.69) is 6.58 Å². The summed E-state index contributed by atoms with van der Waals surface area (Å²) in [7, 11) is 0. The molecule has 0 aliphatic rings. The van der Waals surface area contributed by atoms with Crippen LogP contribution < -0.4 is 0 Å². The van der Waals surface area contributed by atoms with Gasteiger partial charge in [0.05, 0.1) is 0 Å². The molecule has 0 spiro atoms. The van der Waals surface area contributed by atoms with E-state index in [0.29, 0.717) is 13.0 Å². The van der Waals surface area contributed by atoms with Crippen molar-refractivity contribution in [2.45, 2.75) is 45.1 Å². The van der Waals surface area contributed by atoms with Crippen LogP contribution in [-0.2, 0) is 9.53 Å². The zero-order valence-corrected chi connectivity index (χ0v) is 8.87. The monoisotopic (exact) mass is 200 g/mol. The number of rotatable bonds is 9. The Bertz CT molecular complexity index is 166. The van der Waals surface area contributed by atoms with Gasteiger partial charge in [-0.3, -0.25) is 0 Å².